The normalized spacial score (nSPS) is 33.5. The summed E-state index contributed by atoms with van der Waals surface area (Å²) in [6.07, 6.45) is 6.40. The van der Waals surface area contributed by atoms with Gasteiger partial charge in [0.25, 0.3) is 0 Å². The summed E-state index contributed by atoms with van der Waals surface area (Å²) in [6.45, 7) is 3.18. The Bertz CT molecular complexity index is 262. The summed E-state index contributed by atoms with van der Waals surface area (Å²) in [5.41, 5.74) is 0. The van der Waals surface area contributed by atoms with Crippen LogP contribution in [0.4, 0.5) is 0 Å². The lowest BCUT2D eigenvalue weighted by molar-refractivity contribution is 0.190. The third-order valence-electron chi connectivity index (χ3n) is 3.71. The molecule has 1 atom stereocenters. The number of hydrogen-bond acceptors (Lipinski definition) is 4. The lowest BCUT2D eigenvalue weighted by Crippen LogP contribution is -2.35. The van der Waals surface area contributed by atoms with Crippen molar-refractivity contribution < 1.29 is 4.74 Å². The van der Waals surface area contributed by atoms with E-state index in [0.717, 1.165) is 24.7 Å². The van der Waals surface area contributed by atoms with Crippen LogP contribution < -0.4 is 5.32 Å². The minimum absolute atomic E-state index is 0.463. The molecule has 1 saturated carbocycles. The topological polar surface area (TPSA) is 33.6 Å². The van der Waals surface area contributed by atoms with E-state index in [1.165, 1.54) is 30.9 Å². The molecule has 1 N–H and O–H groups in total. The Morgan fingerprint density at radius 1 is 1.35 bits per heavy atom. The van der Waals surface area contributed by atoms with E-state index in [-0.39, 0.29) is 0 Å². The number of methoxy groups -OCH3 is 1. The molecule has 1 heterocycles. The zero-order valence-electron chi connectivity index (χ0n) is 10.9. The highest BCUT2D eigenvalue weighted by Gasteiger charge is 2.23. The average molecular weight is 256 g/mol. The van der Waals surface area contributed by atoms with Gasteiger partial charge in [0, 0.05) is 25.5 Å². The molecule has 2 aliphatic rings. The second-order valence-electron chi connectivity index (χ2n) is 5.28. The summed E-state index contributed by atoms with van der Waals surface area (Å²) in [5.74, 6) is 2.04. The molecule has 1 unspecified atom stereocenters. The number of aliphatic imine (C=N–C) groups is 1. The average Bonchev–Trinajstić information content (AvgIpc) is 2.77. The predicted octanol–water partition coefficient (Wildman–Crippen LogP) is 2.66. The van der Waals surface area contributed by atoms with Crippen molar-refractivity contribution in [3.8, 4) is 0 Å². The van der Waals surface area contributed by atoms with Gasteiger partial charge in [0.05, 0.1) is 6.04 Å². The number of thioether (sulfide) groups is 1. The van der Waals surface area contributed by atoms with Gasteiger partial charge in [-0.2, -0.15) is 0 Å². The lowest BCUT2D eigenvalue weighted by atomic mass is 9.87. The zero-order chi connectivity index (χ0) is 12.1. The molecule has 0 radical (unpaired) electrons. The molecular weight excluding hydrogens is 232 g/mol. The van der Waals surface area contributed by atoms with Crippen LogP contribution in [0.3, 0.4) is 0 Å². The molecule has 1 fully saturated rings. The van der Waals surface area contributed by atoms with Gasteiger partial charge >= 0.3 is 0 Å². The van der Waals surface area contributed by atoms with Gasteiger partial charge in [-0.25, -0.2) is 0 Å². The summed E-state index contributed by atoms with van der Waals surface area (Å²) >= 11 is 1.88. The summed E-state index contributed by atoms with van der Waals surface area (Å²) in [5, 5.41) is 4.79. The first-order valence-corrected chi connectivity index (χ1v) is 7.72. The standard InChI is InChI=1S/C13H24N2OS/c1-10-3-5-11(6-4-10)14-13-15-12(9-17-13)7-8-16-2/h10-12H,3-9H2,1-2H3,(H,14,15). The van der Waals surface area contributed by atoms with Crippen LogP contribution in [0, 0.1) is 5.92 Å². The fraction of sp³-hybridized carbons (Fsp3) is 0.923. The van der Waals surface area contributed by atoms with E-state index in [4.69, 9.17) is 9.73 Å². The molecular formula is C13H24N2OS. The summed E-state index contributed by atoms with van der Waals surface area (Å²) in [7, 11) is 1.76. The molecule has 0 amide bonds. The van der Waals surface area contributed by atoms with Crippen LogP contribution >= 0.6 is 11.8 Å². The quantitative estimate of drug-likeness (QED) is 0.839. The second kappa shape index (κ2) is 6.64. The van der Waals surface area contributed by atoms with Gasteiger partial charge in [0.15, 0.2) is 5.17 Å². The summed E-state index contributed by atoms with van der Waals surface area (Å²) in [6, 6.07) is 1.13. The second-order valence-corrected chi connectivity index (χ2v) is 6.29. The van der Waals surface area contributed by atoms with E-state index in [9.17, 15) is 0 Å². The maximum absolute atomic E-state index is 5.10. The Morgan fingerprint density at radius 3 is 2.82 bits per heavy atom. The van der Waals surface area contributed by atoms with Crippen molar-refractivity contribution in [3.05, 3.63) is 0 Å². The van der Waals surface area contributed by atoms with Crippen molar-refractivity contribution in [2.75, 3.05) is 19.5 Å². The first-order valence-electron chi connectivity index (χ1n) is 6.74. The van der Waals surface area contributed by atoms with Crippen LogP contribution in [0.1, 0.15) is 39.0 Å². The molecule has 0 spiro atoms. The fourth-order valence-electron chi connectivity index (χ4n) is 2.48. The largest absolute Gasteiger partial charge is 0.385 e. The Labute approximate surface area is 109 Å². The smallest absolute Gasteiger partial charge is 0.157 e. The molecule has 0 bridgehead atoms. The third-order valence-corrected chi connectivity index (χ3v) is 4.76. The maximum atomic E-state index is 5.10. The van der Waals surface area contributed by atoms with E-state index in [1.54, 1.807) is 7.11 Å². The monoisotopic (exact) mass is 256 g/mol. The number of rotatable bonds is 4. The minimum atomic E-state index is 0.463. The zero-order valence-corrected chi connectivity index (χ0v) is 11.8. The van der Waals surface area contributed by atoms with Gasteiger partial charge in [-0.15, -0.1) is 0 Å². The molecule has 17 heavy (non-hydrogen) atoms. The van der Waals surface area contributed by atoms with E-state index in [2.05, 4.69) is 12.2 Å². The summed E-state index contributed by atoms with van der Waals surface area (Å²) < 4.78 is 5.10. The van der Waals surface area contributed by atoms with Crippen LogP contribution in [0.5, 0.6) is 0 Å². The Morgan fingerprint density at radius 2 is 2.12 bits per heavy atom. The first-order chi connectivity index (χ1) is 8.28. The van der Waals surface area contributed by atoms with Crippen LogP contribution in [-0.4, -0.2) is 36.7 Å². The number of hydrogen-bond donors (Lipinski definition) is 1. The van der Waals surface area contributed by atoms with Crippen molar-refractivity contribution in [1.82, 2.24) is 5.32 Å². The molecule has 0 aromatic heterocycles. The highest BCUT2D eigenvalue weighted by molar-refractivity contribution is 8.14. The number of nitrogens with one attached hydrogen (secondary N) is 1. The molecule has 1 aliphatic carbocycles. The van der Waals surface area contributed by atoms with E-state index in [1.807, 2.05) is 11.8 Å². The van der Waals surface area contributed by atoms with Crippen LogP contribution in [-0.2, 0) is 4.74 Å². The van der Waals surface area contributed by atoms with E-state index in [0.29, 0.717) is 12.1 Å². The maximum Gasteiger partial charge on any atom is 0.157 e. The highest BCUT2D eigenvalue weighted by atomic mass is 32.2. The van der Waals surface area contributed by atoms with Crippen molar-refractivity contribution in [1.29, 1.82) is 0 Å². The van der Waals surface area contributed by atoms with E-state index < -0.39 is 0 Å². The summed E-state index contributed by atoms with van der Waals surface area (Å²) in [4.78, 5) is 4.73. The molecule has 3 nitrogen and oxygen atoms in total. The van der Waals surface area contributed by atoms with Gasteiger partial charge in [0.1, 0.15) is 0 Å². The van der Waals surface area contributed by atoms with Gasteiger partial charge in [-0.3, -0.25) is 4.99 Å². The molecule has 0 saturated heterocycles. The van der Waals surface area contributed by atoms with Gasteiger partial charge in [-0.05, 0) is 38.0 Å². The Kier molecular flexibility index (Phi) is 5.16. The molecule has 0 aromatic rings. The van der Waals surface area contributed by atoms with Crippen molar-refractivity contribution in [2.45, 2.75) is 51.1 Å². The number of ether oxygens (including phenoxy) is 1. The van der Waals surface area contributed by atoms with Crippen molar-refractivity contribution in [2.24, 2.45) is 10.9 Å². The molecule has 2 rings (SSSR count). The van der Waals surface area contributed by atoms with Crippen LogP contribution in [0.25, 0.3) is 0 Å². The number of amidine groups is 1. The van der Waals surface area contributed by atoms with Crippen LogP contribution in [0.2, 0.25) is 0 Å². The molecule has 98 valence electrons. The molecule has 1 aliphatic heterocycles. The Balaban J connectivity index is 1.72. The van der Waals surface area contributed by atoms with Crippen molar-refractivity contribution >= 4 is 16.9 Å². The minimum Gasteiger partial charge on any atom is -0.385 e. The lowest BCUT2D eigenvalue weighted by Gasteiger charge is -2.27. The highest BCUT2D eigenvalue weighted by Crippen LogP contribution is 2.25. The number of nitrogens with zero attached hydrogens (tertiary/aromatic N) is 1. The third kappa shape index (κ3) is 4.18. The molecule has 4 heteroatoms. The van der Waals surface area contributed by atoms with Gasteiger partial charge in [-0.1, -0.05) is 18.7 Å². The predicted molar refractivity (Wildman–Crippen MR) is 74.7 cm³/mol. The van der Waals surface area contributed by atoms with Crippen molar-refractivity contribution in [3.63, 3.8) is 0 Å². The fourth-order valence-corrected chi connectivity index (χ4v) is 3.54. The Hall–Kier alpha value is -0.220. The van der Waals surface area contributed by atoms with Crippen LogP contribution in [0.15, 0.2) is 4.99 Å². The van der Waals surface area contributed by atoms with E-state index >= 15 is 0 Å². The molecule has 0 aromatic carbocycles. The van der Waals surface area contributed by atoms with Gasteiger partial charge in [0.2, 0.25) is 0 Å². The SMILES string of the molecule is COCCC1CSC(NC2CCC(C)CC2)=N1. The first kappa shape index (κ1) is 13.2. The van der Waals surface area contributed by atoms with Gasteiger partial charge < -0.3 is 10.1 Å².